The second kappa shape index (κ2) is 10.3. The number of benzene rings is 3. The number of carbonyl (C=O) groups excluding carboxylic acids is 1. The first kappa shape index (κ1) is 25.1. The lowest BCUT2D eigenvalue weighted by molar-refractivity contribution is -0.124. The second-order valence-electron chi connectivity index (χ2n) is 9.07. The number of rotatable bonds is 10. The average molecular weight is 487 g/mol. The Morgan fingerprint density at radius 3 is 2.33 bits per heavy atom. The van der Waals surface area contributed by atoms with Gasteiger partial charge in [-0.15, -0.1) is 0 Å². The Morgan fingerprint density at radius 2 is 1.72 bits per heavy atom. The van der Waals surface area contributed by atoms with Crippen LogP contribution in [0.25, 0.3) is 22.4 Å². The van der Waals surface area contributed by atoms with Gasteiger partial charge >= 0.3 is 0 Å². The van der Waals surface area contributed by atoms with Gasteiger partial charge in [-0.05, 0) is 48.4 Å². The van der Waals surface area contributed by atoms with Gasteiger partial charge in [-0.25, -0.2) is 4.98 Å². The van der Waals surface area contributed by atoms with Crippen molar-refractivity contribution in [1.82, 2.24) is 9.55 Å². The monoisotopic (exact) mass is 486 g/mol. The summed E-state index contributed by atoms with van der Waals surface area (Å²) in [5.41, 5.74) is 9.35. The number of primary amides is 1. The third-order valence-corrected chi connectivity index (χ3v) is 6.75. The van der Waals surface area contributed by atoms with Gasteiger partial charge < -0.3 is 24.7 Å². The van der Waals surface area contributed by atoms with Crippen molar-refractivity contribution in [1.29, 1.82) is 0 Å². The topological polar surface area (TPSA) is 82.6 Å². The van der Waals surface area contributed by atoms with Crippen molar-refractivity contribution in [2.24, 2.45) is 5.73 Å². The Bertz CT molecular complexity index is 1360. The molecule has 0 fully saturated rings. The highest BCUT2D eigenvalue weighted by molar-refractivity contribution is 5.92. The minimum Gasteiger partial charge on any atom is -0.493 e. The van der Waals surface area contributed by atoms with Crippen molar-refractivity contribution in [3.8, 4) is 22.9 Å². The molecule has 7 nitrogen and oxygen atoms in total. The summed E-state index contributed by atoms with van der Waals surface area (Å²) in [5.74, 6) is 1.30. The first-order chi connectivity index (χ1) is 17.4. The Hall–Kier alpha value is -4.00. The van der Waals surface area contributed by atoms with Crippen LogP contribution in [-0.4, -0.2) is 43.8 Å². The van der Waals surface area contributed by atoms with Crippen LogP contribution in [0, 0.1) is 0 Å². The van der Waals surface area contributed by atoms with E-state index in [1.165, 1.54) is 0 Å². The van der Waals surface area contributed by atoms with E-state index in [4.69, 9.17) is 20.2 Å². The maximum Gasteiger partial charge on any atom is 0.248 e. The molecule has 0 saturated heterocycles. The fourth-order valence-electron chi connectivity index (χ4n) is 4.89. The van der Waals surface area contributed by atoms with E-state index in [1.807, 2.05) is 90.3 Å². The molecule has 0 aliphatic rings. The molecule has 0 aliphatic heterocycles. The quantitative estimate of drug-likeness (QED) is 0.333. The number of para-hydroxylation sites is 3. The molecule has 1 amide bonds. The van der Waals surface area contributed by atoms with Crippen LogP contribution < -0.4 is 20.1 Å². The van der Waals surface area contributed by atoms with Crippen LogP contribution >= 0.6 is 0 Å². The summed E-state index contributed by atoms with van der Waals surface area (Å²) in [6, 6.07) is 21.5. The maximum absolute atomic E-state index is 13.7. The molecule has 36 heavy (non-hydrogen) atoms. The lowest BCUT2D eigenvalue weighted by Gasteiger charge is -2.35. The highest BCUT2D eigenvalue weighted by Crippen LogP contribution is 2.44. The van der Waals surface area contributed by atoms with Crippen molar-refractivity contribution in [3.63, 3.8) is 0 Å². The van der Waals surface area contributed by atoms with E-state index in [0.717, 1.165) is 40.7 Å². The fraction of sp³-hybridized carbons (Fsp3) is 0.310. The molecule has 0 saturated carbocycles. The number of hydrogen-bond acceptors (Lipinski definition) is 5. The molecule has 0 radical (unpaired) electrons. The average Bonchev–Trinajstić information content (AvgIpc) is 3.28. The minimum absolute atomic E-state index is 0.431. The summed E-state index contributed by atoms with van der Waals surface area (Å²) < 4.78 is 13.3. The van der Waals surface area contributed by atoms with Crippen LogP contribution in [-0.2, 0) is 10.3 Å². The van der Waals surface area contributed by atoms with Crippen LogP contribution in [0.3, 0.4) is 0 Å². The number of ether oxygens (including phenoxy) is 2. The number of nitrogens with zero attached hydrogens (tertiary/aromatic N) is 3. The summed E-state index contributed by atoms with van der Waals surface area (Å²) in [4.78, 5) is 20.7. The highest BCUT2D eigenvalue weighted by Gasteiger charge is 2.43. The second-order valence-corrected chi connectivity index (χ2v) is 9.07. The molecule has 4 rings (SSSR count). The van der Waals surface area contributed by atoms with Crippen LogP contribution in [0.15, 0.2) is 66.7 Å². The third kappa shape index (κ3) is 4.15. The number of imidazole rings is 1. The molecule has 1 aromatic heterocycles. The molecule has 188 valence electrons. The van der Waals surface area contributed by atoms with Crippen molar-refractivity contribution in [2.45, 2.75) is 31.7 Å². The van der Waals surface area contributed by atoms with Crippen LogP contribution in [0.1, 0.15) is 31.7 Å². The normalized spacial score (nSPS) is 12.8. The van der Waals surface area contributed by atoms with Gasteiger partial charge in [0.05, 0.1) is 30.8 Å². The number of amides is 1. The summed E-state index contributed by atoms with van der Waals surface area (Å²) >= 11 is 0. The van der Waals surface area contributed by atoms with E-state index in [2.05, 4.69) is 6.92 Å². The molecule has 7 heteroatoms. The Morgan fingerprint density at radius 1 is 1.00 bits per heavy atom. The molecular weight excluding hydrogens is 452 g/mol. The first-order valence-electron chi connectivity index (χ1n) is 12.2. The number of unbranched alkanes of at least 4 members (excludes halogenated alkanes) is 1. The minimum atomic E-state index is -1.17. The van der Waals surface area contributed by atoms with Crippen molar-refractivity contribution < 1.29 is 14.3 Å². The molecule has 0 spiro atoms. The van der Waals surface area contributed by atoms with E-state index < -0.39 is 11.4 Å². The van der Waals surface area contributed by atoms with Gasteiger partial charge in [0.25, 0.3) is 0 Å². The number of aromatic nitrogens is 2. The number of carbonyl (C=O) groups is 1. The Balaban J connectivity index is 2.12. The SMILES string of the molecule is CCCCC(C(N)=O)(c1ccc(N(C)C)cc1)n1c(-c2cccc(OC)c2OC)nc2ccccc21. The molecule has 0 bridgehead atoms. The number of hydrogen-bond donors (Lipinski definition) is 1. The van der Waals surface area contributed by atoms with Gasteiger partial charge in [0.1, 0.15) is 11.4 Å². The zero-order chi connectivity index (χ0) is 25.9. The predicted molar refractivity (Wildman–Crippen MR) is 145 cm³/mol. The molecule has 4 aromatic rings. The molecule has 1 heterocycles. The van der Waals surface area contributed by atoms with E-state index in [0.29, 0.717) is 23.7 Å². The smallest absolute Gasteiger partial charge is 0.248 e. The molecular formula is C29H34N4O3. The van der Waals surface area contributed by atoms with Gasteiger partial charge in [-0.2, -0.15) is 0 Å². The summed E-state index contributed by atoms with van der Waals surface area (Å²) in [5, 5.41) is 0. The Kier molecular flexibility index (Phi) is 7.20. The van der Waals surface area contributed by atoms with Crippen molar-refractivity contribution >= 4 is 22.6 Å². The third-order valence-electron chi connectivity index (χ3n) is 6.75. The number of anilines is 1. The molecule has 1 unspecified atom stereocenters. The van der Waals surface area contributed by atoms with E-state index in [9.17, 15) is 4.79 Å². The number of fused-ring (bicyclic) bond motifs is 1. The molecule has 1 atom stereocenters. The van der Waals surface area contributed by atoms with Crippen LogP contribution in [0.2, 0.25) is 0 Å². The van der Waals surface area contributed by atoms with E-state index in [1.54, 1.807) is 14.2 Å². The van der Waals surface area contributed by atoms with Crippen molar-refractivity contribution in [3.05, 3.63) is 72.3 Å². The van der Waals surface area contributed by atoms with Crippen molar-refractivity contribution in [2.75, 3.05) is 33.2 Å². The van der Waals surface area contributed by atoms with Gasteiger partial charge in [0, 0.05) is 19.8 Å². The highest BCUT2D eigenvalue weighted by atomic mass is 16.5. The van der Waals surface area contributed by atoms with Gasteiger partial charge in [0.2, 0.25) is 5.91 Å². The first-order valence-corrected chi connectivity index (χ1v) is 12.2. The molecule has 3 aromatic carbocycles. The van der Waals surface area contributed by atoms with E-state index >= 15 is 0 Å². The van der Waals surface area contributed by atoms with Crippen LogP contribution in [0.5, 0.6) is 11.5 Å². The van der Waals surface area contributed by atoms with Gasteiger partial charge in [-0.1, -0.05) is 50.1 Å². The van der Waals surface area contributed by atoms with E-state index in [-0.39, 0.29) is 0 Å². The molecule has 2 N–H and O–H groups in total. The summed E-state index contributed by atoms with van der Waals surface area (Å²) in [6.45, 7) is 2.11. The standard InChI is InChI=1S/C29H34N4O3/c1-6-7-19-29(28(30)34,20-15-17-21(18-16-20)32(2)3)33-24-13-9-8-12-23(24)31-27(33)22-11-10-14-25(35-4)26(22)36-5/h8-18H,6-7,19H2,1-5H3,(H2,30,34). The summed E-state index contributed by atoms with van der Waals surface area (Å²) in [6.07, 6.45) is 2.24. The number of methoxy groups -OCH3 is 2. The lowest BCUT2D eigenvalue weighted by Crippen LogP contribution is -2.47. The maximum atomic E-state index is 13.7. The zero-order valence-electron chi connectivity index (χ0n) is 21.6. The number of nitrogens with two attached hydrogens (primary N) is 1. The Labute approximate surface area is 212 Å². The largest absolute Gasteiger partial charge is 0.493 e. The van der Waals surface area contributed by atoms with Gasteiger partial charge in [0.15, 0.2) is 11.5 Å². The zero-order valence-corrected chi connectivity index (χ0v) is 21.6. The lowest BCUT2D eigenvalue weighted by atomic mass is 9.83. The van der Waals surface area contributed by atoms with Gasteiger partial charge in [-0.3, -0.25) is 4.79 Å². The fourth-order valence-corrected chi connectivity index (χ4v) is 4.89. The predicted octanol–water partition coefficient (Wildman–Crippen LogP) is 5.21. The summed E-state index contributed by atoms with van der Waals surface area (Å²) in [7, 11) is 7.19. The molecule has 0 aliphatic carbocycles. The van der Waals surface area contributed by atoms with Crippen LogP contribution in [0.4, 0.5) is 5.69 Å².